The maximum Gasteiger partial charge on any atom is 0.0894 e. The van der Waals surface area contributed by atoms with E-state index in [-0.39, 0.29) is 6.67 Å². The van der Waals surface area contributed by atoms with Gasteiger partial charge in [-0.3, -0.25) is 4.39 Å². The summed E-state index contributed by atoms with van der Waals surface area (Å²) in [6.45, 7) is 2.16. The van der Waals surface area contributed by atoms with E-state index in [2.05, 4.69) is 31.2 Å². The second-order valence-electron chi connectivity index (χ2n) is 12.1. The summed E-state index contributed by atoms with van der Waals surface area (Å²) >= 11 is 0. The Morgan fingerprint density at radius 2 is 1.15 bits per heavy atom. The molecule has 0 amide bonds. The van der Waals surface area contributed by atoms with Gasteiger partial charge in [-0.1, -0.05) is 63.3 Å². The number of halogens is 1. The normalized spacial score (nSPS) is 33.2. The first-order valence-electron chi connectivity index (χ1n) is 14.9. The first-order valence-corrected chi connectivity index (χ1v) is 14.9. The van der Waals surface area contributed by atoms with Gasteiger partial charge in [-0.2, -0.15) is 0 Å². The van der Waals surface area contributed by atoms with Crippen molar-refractivity contribution in [2.45, 2.75) is 128 Å². The van der Waals surface area contributed by atoms with E-state index in [1.54, 1.807) is 5.56 Å². The SMILES string of the molecule is CCCCc1ccc(C2CCC(C3CCC(C4CCC(CCCCF)CC4)CC3)CC2)cc1. The zero-order valence-corrected chi connectivity index (χ0v) is 21.6. The van der Waals surface area contributed by atoms with Crippen LogP contribution in [-0.4, -0.2) is 6.67 Å². The third kappa shape index (κ3) is 7.32. The highest BCUT2D eigenvalue weighted by Crippen LogP contribution is 2.47. The minimum Gasteiger partial charge on any atom is -0.251 e. The monoisotopic (exact) mass is 454 g/mol. The maximum absolute atomic E-state index is 12.4. The van der Waals surface area contributed by atoms with E-state index in [0.717, 1.165) is 48.3 Å². The van der Waals surface area contributed by atoms with Crippen molar-refractivity contribution in [2.24, 2.45) is 29.6 Å². The zero-order chi connectivity index (χ0) is 22.9. The number of benzene rings is 1. The van der Waals surface area contributed by atoms with E-state index in [1.807, 2.05) is 0 Å². The highest BCUT2D eigenvalue weighted by molar-refractivity contribution is 5.26. The quantitative estimate of drug-likeness (QED) is 0.308. The molecule has 4 rings (SSSR count). The molecule has 3 aliphatic rings. The van der Waals surface area contributed by atoms with Crippen LogP contribution >= 0.6 is 0 Å². The van der Waals surface area contributed by atoms with Crippen molar-refractivity contribution in [3.8, 4) is 0 Å². The number of alkyl halides is 1. The maximum atomic E-state index is 12.4. The molecular weight excluding hydrogens is 403 g/mol. The number of unbranched alkanes of at least 4 members (excludes halogenated alkanes) is 2. The standard InChI is InChI=1S/C32H51F/c1-2-3-6-25-8-12-27(13-9-25)29-16-20-31(21-17-29)32-22-18-30(19-23-32)28-14-10-26(11-15-28)7-4-5-24-33/h8-9,12-13,26,28-32H,2-7,10-11,14-24H2,1H3. The van der Waals surface area contributed by atoms with Crippen LogP contribution in [0, 0.1) is 29.6 Å². The van der Waals surface area contributed by atoms with Gasteiger partial charge in [0.15, 0.2) is 0 Å². The number of hydrogen-bond donors (Lipinski definition) is 0. The van der Waals surface area contributed by atoms with E-state index >= 15 is 0 Å². The van der Waals surface area contributed by atoms with Crippen molar-refractivity contribution in [1.29, 1.82) is 0 Å². The van der Waals surface area contributed by atoms with Gasteiger partial charge >= 0.3 is 0 Å². The third-order valence-corrected chi connectivity index (χ3v) is 10.1. The lowest BCUT2D eigenvalue weighted by Gasteiger charge is -2.41. The number of rotatable bonds is 10. The second-order valence-corrected chi connectivity index (χ2v) is 12.1. The molecule has 1 aromatic carbocycles. The molecule has 0 saturated heterocycles. The number of aryl methyl sites for hydroxylation is 1. The first-order chi connectivity index (χ1) is 16.3. The summed E-state index contributed by atoms with van der Waals surface area (Å²) in [5.41, 5.74) is 3.13. The van der Waals surface area contributed by atoms with Crippen molar-refractivity contribution < 1.29 is 4.39 Å². The van der Waals surface area contributed by atoms with Gasteiger partial charge in [-0.05, 0) is 130 Å². The molecule has 1 aromatic rings. The Kier molecular flexibility index (Phi) is 10.2. The Bertz CT molecular complexity index is 640. The predicted molar refractivity (Wildman–Crippen MR) is 140 cm³/mol. The molecule has 0 bridgehead atoms. The van der Waals surface area contributed by atoms with Gasteiger partial charge in [0.2, 0.25) is 0 Å². The summed E-state index contributed by atoms with van der Waals surface area (Å²) in [6, 6.07) is 9.68. The minimum absolute atomic E-state index is 0.119. The fourth-order valence-electron chi connectivity index (χ4n) is 7.82. The molecule has 3 fully saturated rings. The Balaban J connectivity index is 1.14. The Morgan fingerprint density at radius 1 is 0.636 bits per heavy atom. The van der Waals surface area contributed by atoms with Crippen LogP contribution in [0.15, 0.2) is 24.3 Å². The lowest BCUT2D eigenvalue weighted by atomic mass is 9.64. The molecule has 1 heteroatoms. The van der Waals surface area contributed by atoms with Crippen molar-refractivity contribution in [1.82, 2.24) is 0 Å². The molecule has 3 saturated carbocycles. The van der Waals surface area contributed by atoms with Crippen LogP contribution in [0.5, 0.6) is 0 Å². The van der Waals surface area contributed by atoms with E-state index < -0.39 is 0 Å². The van der Waals surface area contributed by atoms with Crippen LogP contribution in [0.3, 0.4) is 0 Å². The van der Waals surface area contributed by atoms with Crippen molar-refractivity contribution >= 4 is 0 Å². The highest BCUT2D eigenvalue weighted by atomic mass is 19.1. The van der Waals surface area contributed by atoms with Gasteiger partial charge in [-0.25, -0.2) is 0 Å². The molecule has 0 heterocycles. The van der Waals surface area contributed by atoms with Crippen LogP contribution in [-0.2, 0) is 6.42 Å². The van der Waals surface area contributed by atoms with Gasteiger partial charge in [0.05, 0.1) is 6.67 Å². The second kappa shape index (κ2) is 13.3. The Hall–Kier alpha value is -0.850. The molecule has 186 valence electrons. The van der Waals surface area contributed by atoms with Crippen molar-refractivity contribution in [3.05, 3.63) is 35.4 Å². The lowest BCUT2D eigenvalue weighted by Crippen LogP contribution is -2.29. The van der Waals surface area contributed by atoms with E-state index in [4.69, 9.17) is 0 Å². The zero-order valence-electron chi connectivity index (χ0n) is 21.6. The molecule has 33 heavy (non-hydrogen) atoms. The van der Waals surface area contributed by atoms with Crippen LogP contribution in [0.2, 0.25) is 0 Å². The average molecular weight is 455 g/mol. The summed E-state index contributed by atoms with van der Waals surface area (Å²) in [6.07, 6.45) is 24.7. The summed E-state index contributed by atoms with van der Waals surface area (Å²) in [7, 11) is 0. The topological polar surface area (TPSA) is 0 Å². The molecule has 0 radical (unpaired) electrons. The molecule has 0 spiro atoms. The Morgan fingerprint density at radius 3 is 1.67 bits per heavy atom. The molecule has 0 aromatic heterocycles. The third-order valence-electron chi connectivity index (χ3n) is 10.1. The van der Waals surface area contributed by atoms with Gasteiger partial charge in [0.25, 0.3) is 0 Å². The first kappa shape index (κ1) is 25.2. The van der Waals surface area contributed by atoms with Crippen LogP contribution in [0.25, 0.3) is 0 Å². The average Bonchev–Trinajstić information content (AvgIpc) is 2.89. The highest BCUT2D eigenvalue weighted by Gasteiger charge is 2.34. The van der Waals surface area contributed by atoms with Gasteiger partial charge < -0.3 is 0 Å². The van der Waals surface area contributed by atoms with Crippen LogP contribution in [0.1, 0.15) is 133 Å². The summed E-state index contributed by atoms with van der Waals surface area (Å²) in [5, 5.41) is 0. The largest absolute Gasteiger partial charge is 0.251 e. The number of hydrogen-bond acceptors (Lipinski definition) is 0. The lowest BCUT2D eigenvalue weighted by molar-refractivity contribution is 0.108. The minimum atomic E-state index is -0.119. The van der Waals surface area contributed by atoms with E-state index in [9.17, 15) is 4.39 Å². The van der Waals surface area contributed by atoms with Crippen molar-refractivity contribution in [3.63, 3.8) is 0 Å². The molecule has 0 N–H and O–H groups in total. The Labute approximate surface area is 204 Å². The van der Waals surface area contributed by atoms with Crippen LogP contribution in [0.4, 0.5) is 4.39 Å². The summed E-state index contributed by atoms with van der Waals surface area (Å²) in [4.78, 5) is 0. The van der Waals surface area contributed by atoms with E-state index in [0.29, 0.717) is 0 Å². The fourth-order valence-corrected chi connectivity index (χ4v) is 7.82. The van der Waals surface area contributed by atoms with Gasteiger partial charge in [0, 0.05) is 0 Å². The smallest absolute Gasteiger partial charge is 0.0894 e. The summed E-state index contributed by atoms with van der Waals surface area (Å²) in [5.74, 6) is 5.80. The molecule has 0 aliphatic heterocycles. The fraction of sp³-hybridized carbons (Fsp3) is 0.812. The van der Waals surface area contributed by atoms with E-state index in [1.165, 1.54) is 108 Å². The predicted octanol–water partition coefficient (Wildman–Crippen LogP) is 10.1. The molecule has 0 nitrogen and oxygen atoms in total. The van der Waals surface area contributed by atoms with Crippen molar-refractivity contribution in [2.75, 3.05) is 6.67 Å². The molecule has 0 atom stereocenters. The van der Waals surface area contributed by atoms with Crippen LogP contribution < -0.4 is 0 Å². The molecular formula is C32H51F. The summed E-state index contributed by atoms with van der Waals surface area (Å²) < 4.78 is 12.4. The van der Waals surface area contributed by atoms with Gasteiger partial charge in [0.1, 0.15) is 0 Å². The molecule has 3 aliphatic carbocycles. The molecule has 0 unspecified atom stereocenters. The van der Waals surface area contributed by atoms with Gasteiger partial charge in [-0.15, -0.1) is 0 Å².